The summed E-state index contributed by atoms with van der Waals surface area (Å²) in [7, 11) is 0. The van der Waals surface area contributed by atoms with E-state index in [9.17, 15) is 39.5 Å². The van der Waals surface area contributed by atoms with E-state index >= 15 is 0 Å². The summed E-state index contributed by atoms with van der Waals surface area (Å²) in [5, 5.41) is 0. The van der Waals surface area contributed by atoms with Gasteiger partial charge in [-0.25, -0.2) is 9.97 Å². The first-order chi connectivity index (χ1) is 13.2. The first-order valence-corrected chi connectivity index (χ1v) is 7.88. The van der Waals surface area contributed by atoms with Crippen LogP contribution < -0.4 is 0 Å². The van der Waals surface area contributed by atoms with Gasteiger partial charge in [-0.2, -0.15) is 39.5 Å². The van der Waals surface area contributed by atoms with Crippen molar-refractivity contribution in [3.8, 4) is 11.5 Å². The summed E-state index contributed by atoms with van der Waals surface area (Å²) in [6.07, 6.45) is -13.7. The van der Waals surface area contributed by atoms with Crippen LogP contribution >= 0.6 is 12.6 Å². The number of hydrogen-bond acceptors (Lipinski definition) is 4. The molecular formula is C15H7F9N4S. The van der Waals surface area contributed by atoms with E-state index in [4.69, 9.17) is 0 Å². The third-order valence-electron chi connectivity index (χ3n) is 3.66. The molecule has 0 saturated carbocycles. The van der Waals surface area contributed by atoms with Crippen molar-refractivity contribution in [3.63, 3.8) is 0 Å². The van der Waals surface area contributed by atoms with Gasteiger partial charge in [-0.15, -0.1) is 12.6 Å². The second-order valence-electron chi connectivity index (χ2n) is 5.79. The van der Waals surface area contributed by atoms with E-state index < -0.39 is 63.8 Å². The van der Waals surface area contributed by atoms with Gasteiger partial charge in [0, 0.05) is 17.3 Å². The van der Waals surface area contributed by atoms with Crippen molar-refractivity contribution in [2.45, 2.75) is 30.0 Å². The lowest BCUT2D eigenvalue weighted by atomic mass is 10.2. The second kappa shape index (κ2) is 6.78. The van der Waals surface area contributed by atoms with Crippen molar-refractivity contribution in [2.75, 3.05) is 0 Å². The molecule has 3 aromatic heterocycles. The monoisotopic (exact) mass is 446 g/mol. The minimum atomic E-state index is -4.82. The van der Waals surface area contributed by atoms with Crippen molar-refractivity contribution in [1.82, 2.24) is 19.5 Å². The Balaban J connectivity index is 2.24. The number of hydrogen-bond donors (Lipinski definition) is 1. The fourth-order valence-electron chi connectivity index (χ4n) is 2.46. The van der Waals surface area contributed by atoms with E-state index in [1.165, 1.54) is 0 Å². The predicted octanol–water partition coefficient (Wildman–Crippen LogP) is 5.38. The number of alkyl halides is 9. The van der Waals surface area contributed by atoms with Gasteiger partial charge >= 0.3 is 18.5 Å². The zero-order valence-corrected chi connectivity index (χ0v) is 14.5. The number of fused-ring (bicyclic) bond motifs is 1. The molecule has 3 aromatic rings. The molecule has 0 aliphatic heterocycles. The van der Waals surface area contributed by atoms with Gasteiger partial charge in [0.15, 0.2) is 11.5 Å². The quantitative estimate of drug-likeness (QED) is 0.425. The molecule has 0 radical (unpaired) electrons. The highest BCUT2D eigenvalue weighted by Gasteiger charge is 2.35. The molecule has 0 unspecified atom stereocenters. The fraction of sp³-hybridized carbons (Fsp3) is 0.267. The van der Waals surface area contributed by atoms with Gasteiger partial charge in [0.1, 0.15) is 17.8 Å². The first-order valence-electron chi connectivity index (χ1n) is 7.43. The van der Waals surface area contributed by atoms with Crippen LogP contribution in [0.1, 0.15) is 11.1 Å². The molecule has 29 heavy (non-hydrogen) atoms. The Morgan fingerprint density at radius 2 is 1.38 bits per heavy atom. The summed E-state index contributed by atoms with van der Waals surface area (Å²) in [6.45, 7) is -1.70. The van der Waals surface area contributed by atoms with E-state index in [0.29, 0.717) is 29.1 Å². The van der Waals surface area contributed by atoms with Crippen molar-refractivity contribution in [3.05, 3.63) is 35.7 Å². The molecule has 0 spiro atoms. The molecule has 0 aliphatic carbocycles. The smallest absolute Gasteiger partial charge is 0.298 e. The number of rotatable bonds is 2. The third-order valence-corrected chi connectivity index (χ3v) is 4.00. The number of aromatic nitrogens is 4. The fourth-order valence-corrected chi connectivity index (χ4v) is 2.75. The molecule has 0 N–H and O–H groups in total. The Kier molecular flexibility index (Phi) is 4.96. The molecule has 0 aliphatic rings. The van der Waals surface area contributed by atoms with Crippen LogP contribution in [0.25, 0.3) is 22.7 Å². The average Bonchev–Trinajstić information content (AvgIpc) is 2.89. The number of pyridine rings is 2. The van der Waals surface area contributed by atoms with Crippen LogP contribution in [-0.4, -0.2) is 25.7 Å². The van der Waals surface area contributed by atoms with E-state index in [1.54, 1.807) is 0 Å². The zero-order chi connectivity index (χ0) is 21.8. The van der Waals surface area contributed by atoms with Gasteiger partial charge in [-0.1, -0.05) is 0 Å². The highest BCUT2D eigenvalue weighted by atomic mass is 32.1. The molecule has 0 fully saturated rings. The molecule has 0 saturated heterocycles. The molecule has 3 heterocycles. The number of imidazole rings is 1. The normalized spacial score (nSPS) is 13.3. The van der Waals surface area contributed by atoms with Crippen LogP contribution in [0, 0.1) is 0 Å². The van der Waals surface area contributed by atoms with Crippen LogP contribution in [-0.2, 0) is 18.9 Å². The number of thiol groups is 1. The maximum atomic E-state index is 13.0. The summed E-state index contributed by atoms with van der Waals surface area (Å²) in [5.41, 5.74) is -4.01. The lowest BCUT2D eigenvalue weighted by Crippen LogP contribution is -2.19. The standard InChI is InChI=1S/C15H7F9N4S/c16-13(17,18)5-28-11-8(1-6(4-26-11)14(19,20)21)27-12(28)10-9(29)2-7(3-25-10)15(22,23)24/h1-4,29H,5H2. The van der Waals surface area contributed by atoms with Crippen molar-refractivity contribution >= 4 is 23.8 Å². The molecule has 4 nitrogen and oxygen atoms in total. The van der Waals surface area contributed by atoms with Gasteiger partial charge in [-0.3, -0.25) is 9.55 Å². The van der Waals surface area contributed by atoms with Crippen LogP contribution in [0.5, 0.6) is 0 Å². The number of halogens is 9. The highest BCUT2D eigenvalue weighted by Crippen LogP contribution is 2.36. The van der Waals surface area contributed by atoms with Gasteiger partial charge in [0.25, 0.3) is 0 Å². The average molecular weight is 446 g/mol. The lowest BCUT2D eigenvalue weighted by molar-refractivity contribution is -0.140. The minimum absolute atomic E-state index is 0.336. The SMILES string of the molecule is FC(F)(F)Cn1c(-c2ncc(C(F)(F)F)cc2S)nc2cc(C(F)(F)F)cnc21. The predicted molar refractivity (Wildman–Crippen MR) is 84.1 cm³/mol. The van der Waals surface area contributed by atoms with E-state index in [2.05, 4.69) is 27.6 Å². The molecule has 0 aromatic carbocycles. The summed E-state index contributed by atoms with van der Waals surface area (Å²) in [6, 6.07) is 1.01. The van der Waals surface area contributed by atoms with Gasteiger partial charge in [-0.05, 0) is 12.1 Å². The summed E-state index contributed by atoms with van der Waals surface area (Å²) >= 11 is 3.82. The Morgan fingerprint density at radius 3 is 1.90 bits per heavy atom. The number of nitrogens with zero attached hydrogens (tertiary/aromatic N) is 4. The topological polar surface area (TPSA) is 43.6 Å². The van der Waals surface area contributed by atoms with Crippen molar-refractivity contribution in [2.24, 2.45) is 0 Å². The Bertz CT molecular complexity index is 1070. The summed E-state index contributed by atoms with van der Waals surface area (Å²) in [4.78, 5) is 10.1. The first kappa shape index (κ1) is 21.2. The molecule has 0 amide bonds. The van der Waals surface area contributed by atoms with Crippen LogP contribution in [0.3, 0.4) is 0 Å². The minimum Gasteiger partial charge on any atom is -0.298 e. The van der Waals surface area contributed by atoms with Crippen LogP contribution in [0.4, 0.5) is 39.5 Å². The molecule has 0 bridgehead atoms. The molecule has 156 valence electrons. The Morgan fingerprint density at radius 1 is 0.828 bits per heavy atom. The molecule has 3 rings (SSSR count). The molecular weight excluding hydrogens is 439 g/mol. The van der Waals surface area contributed by atoms with E-state index in [-0.39, 0.29) is 0 Å². The van der Waals surface area contributed by atoms with E-state index in [0.717, 1.165) is 0 Å². The Labute approximate surface area is 160 Å². The summed E-state index contributed by atoms with van der Waals surface area (Å²) < 4.78 is 116. The highest BCUT2D eigenvalue weighted by molar-refractivity contribution is 7.80. The maximum absolute atomic E-state index is 13.0. The van der Waals surface area contributed by atoms with Crippen LogP contribution in [0.15, 0.2) is 29.4 Å². The van der Waals surface area contributed by atoms with Gasteiger partial charge in [0.2, 0.25) is 0 Å². The van der Waals surface area contributed by atoms with Gasteiger partial charge in [0.05, 0.1) is 11.1 Å². The van der Waals surface area contributed by atoms with Crippen molar-refractivity contribution < 1.29 is 39.5 Å². The van der Waals surface area contributed by atoms with Gasteiger partial charge < -0.3 is 0 Å². The van der Waals surface area contributed by atoms with Crippen LogP contribution in [0.2, 0.25) is 0 Å². The largest absolute Gasteiger partial charge is 0.417 e. The Hall–Kier alpha value is -2.51. The second-order valence-corrected chi connectivity index (χ2v) is 6.27. The van der Waals surface area contributed by atoms with E-state index in [1.807, 2.05) is 0 Å². The zero-order valence-electron chi connectivity index (χ0n) is 13.7. The third kappa shape index (κ3) is 4.41. The maximum Gasteiger partial charge on any atom is 0.417 e. The molecule has 14 heteroatoms. The lowest BCUT2D eigenvalue weighted by Gasteiger charge is -2.13. The molecule has 0 atom stereocenters. The van der Waals surface area contributed by atoms with Crippen molar-refractivity contribution in [1.29, 1.82) is 0 Å². The summed E-state index contributed by atoms with van der Waals surface area (Å²) in [5.74, 6) is -0.622.